The lowest BCUT2D eigenvalue weighted by molar-refractivity contribution is -0.144. The second-order valence-corrected chi connectivity index (χ2v) is 11.5. The summed E-state index contributed by atoms with van der Waals surface area (Å²) >= 11 is 0. The molecule has 2 aliphatic rings. The fraction of sp³-hybridized carbons (Fsp3) is 0.517. The summed E-state index contributed by atoms with van der Waals surface area (Å²) in [6.45, 7) is -3.26. The zero-order chi connectivity index (χ0) is 32.5. The van der Waals surface area contributed by atoms with E-state index in [9.17, 15) is 44.7 Å². The van der Waals surface area contributed by atoms with E-state index in [-0.39, 0.29) is 35.7 Å². The van der Waals surface area contributed by atoms with Gasteiger partial charge in [-0.25, -0.2) is 22.7 Å². The summed E-state index contributed by atoms with van der Waals surface area (Å²) in [6.07, 6.45) is -2.89. The smallest absolute Gasteiger partial charge is 0.389 e. The second kappa shape index (κ2) is 12.8. The molecule has 244 valence electrons. The Balaban J connectivity index is 1.41. The van der Waals surface area contributed by atoms with Gasteiger partial charge in [-0.05, 0) is 61.3 Å². The molecule has 2 amide bonds. The van der Waals surface area contributed by atoms with E-state index in [0.29, 0.717) is 11.6 Å². The van der Waals surface area contributed by atoms with Crippen LogP contribution in [0, 0.1) is 17.7 Å². The van der Waals surface area contributed by atoms with Crippen LogP contribution in [0.2, 0.25) is 0 Å². The highest BCUT2D eigenvalue weighted by atomic mass is 19.4. The number of fused-ring (bicyclic) bond motifs is 1. The fourth-order valence-electron chi connectivity index (χ4n) is 5.55. The lowest BCUT2D eigenvalue weighted by Gasteiger charge is -2.33. The first-order valence-corrected chi connectivity index (χ1v) is 14.3. The van der Waals surface area contributed by atoms with Crippen LogP contribution in [-0.4, -0.2) is 45.1 Å². The largest absolute Gasteiger partial charge is 0.435 e. The normalized spacial score (nSPS) is 18.5. The van der Waals surface area contributed by atoms with Gasteiger partial charge in [-0.1, -0.05) is 0 Å². The zero-order valence-corrected chi connectivity index (χ0v) is 23.6. The predicted molar refractivity (Wildman–Crippen MR) is 142 cm³/mol. The van der Waals surface area contributed by atoms with Crippen LogP contribution in [0.25, 0.3) is 5.65 Å². The molecule has 2 N–H and O–H groups in total. The monoisotopic (exact) mass is 647 g/mol. The summed E-state index contributed by atoms with van der Waals surface area (Å²) in [5, 5.41) is 9.66. The molecule has 0 saturated heterocycles. The van der Waals surface area contributed by atoms with Crippen molar-refractivity contribution in [3.63, 3.8) is 0 Å². The predicted octanol–water partition coefficient (Wildman–Crippen LogP) is 6.68. The van der Waals surface area contributed by atoms with Crippen molar-refractivity contribution < 1.29 is 49.4 Å². The van der Waals surface area contributed by atoms with Crippen molar-refractivity contribution >= 4 is 17.5 Å². The van der Waals surface area contributed by atoms with Gasteiger partial charge in [0, 0.05) is 30.9 Å². The van der Waals surface area contributed by atoms with Gasteiger partial charge in [-0.3, -0.25) is 9.59 Å². The lowest BCUT2D eigenvalue weighted by atomic mass is 9.81. The van der Waals surface area contributed by atoms with Gasteiger partial charge in [-0.2, -0.15) is 27.1 Å². The number of nitrogens with zero attached hydrogens (tertiary/aromatic N) is 3. The first kappa shape index (κ1) is 32.4. The van der Waals surface area contributed by atoms with Crippen LogP contribution in [-0.2, 0) is 4.79 Å². The van der Waals surface area contributed by atoms with Crippen LogP contribution in [0.15, 0.2) is 36.7 Å². The number of hydrogen-bond donors (Lipinski definition) is 2. The third-order valence-corrected chi connectivity index (χ3v) is 7.96. The number of carbonyl (C=O) groups is 2. The molecular weight excluding hydrogens is 618 g/mol. The van der Waals surface area contributed by atoms with Crippen LogP contribution >= 0.6 is 0 Å². The first-order valence-electron chi connectivity index (χ1n) is 14.3. The third kappa shape index (κ3) is 8.60. The standard InChI is InChI=1S/C29H29F8N5O3/c30-19-9-17(10-20(12-19)45-27(31)32)26(44)41-25(16-3-6-28(33,34)7-4-16)21-14-42-22(39-21)11-18(13-38-42)24(15-1-2-15)40-23(43)5-8-29(35,36)37/h9-16,24-25,27H,1-8H2,(H,40,43)(H,41,44)/t24?,25-/m0/s1. The Hall–Kier alpha value is -3.98. The summed E-state index contributed by atoms with van der Waals surface area (Å²) in [4.78, 5) is 30.1. The Morgan fingerprint density at radius 2 is 1.69 bits per heavy atom. The van der Waals surface area contributed by atoms with Crippen molar-refractivity contribution in [1.29, 1.82) is 0 Å². The molecule has 2 saturated carbocycles. The van der Waals surface area contributed by atoms with E-state index < -0.39 is 85.8 Å². The minimum absolute atomic E-state index is 0.000304. The highest BCUT2D eigenvalue weighted by molar-refractivity contribution is 5.94. The number of rotatable bonds is 11. The zero-order valence-electron chi connectivity index (χ0n) is 23.6. The van der Waals surface area contributed by atoms with Gasteiger partial charge in [0.1, 0.15) is 11.6 Å². The molecule has 16 heteroatoms. The Bertz CT molecular complexity index is 1530. The summed E-state index contributed by atoms with van der Waals surface area (Å²) in [5.41, 5.74) is 0.665. The number of aromatic nitrogens is 3. The van der Waals surface area contributed by atoms with Gasteiger partial charge in [0.05, 0.1) is 36.6 Å². The van der Waals surface area contributed by atoms with Crippen molar-refractivity contribution in [2.75, 3.05) is 0 Å². The summed E-state index contributed by atoms with van der Waals surface area (Å²) in [7, 11) is 0. The molecule has 0 aliphatic heterocycles. The summed E-state index contributed by atoms with van der Waals surface area (Å²) < 4.78 is 111. The number of ether oxygens (including phenoxy) is 1. The maximum absolute atomic E-state index is 14.1. The molecule has 1 unspecified atom stereocenters. The van der Waals surface area contributed by atoms with E-state index in [1.54, 1.807) is 6.07 Å². The van der Waals surface area contributed by atoms with Crippen molar-refractivity contribution in [3.05, 3.63) is 59.3 Å². The summed E-state index contributed by atoms with van der Waals surface area (Å²) in [5.74, 6) is -6.62. The Labute approximate surface area is 251 Å². The van der Waals surface area contributed by atoms with E-state index >= 15 is 0 Å². The van der Waals surface area contributed by atoms with Gasteiger partial charge in [0.15, 0.2) is 5.65 Å². The number of imidazole rings is 1. The van der Waals surface area contributed by atoms with Gasteiger partial charge in [0.25, 0.3) is 5.91 Å². The molecule has 2 aromatic heterocycles. The van der Waals surface area contributed by atoms with Crippen molar-refractivity contribution in [1.82, 2.24) is 25.2 Å². The highest BCUT2D eigenvalue weighted by Crippen LogP contribution is 2.43. The topological polar surface area (TPSA) is 97.6 Å². The number of nitrogens with one attached hydrogen (secondary N) is 2. The number of alkyl halides is 7. The second-order valence-electron chi connectivity index (χ2n) is 11.5. The molecule has 8 nitrogen and oxygen atoms in total. The molecule has 45 heavy (non-hydrogen) atoms. The lowest BCUT2D eigenvalue weighted by Crippen LogP contribution is -2.37. The van der Waals surface area contributed by atoms with E-state index in [2.05, 4.69) is 25.5 Å². The minimum atomic E-state index is -4.48. The Kier molecular flexibility index (Phi) is 9.21. The SMILES string of the molecule is O=C(CCC(F)(F)F)NC(c1cnn2cc([C@@H](NC(=O)c3cc(F)cc(OC(F)F)c3)C3CCC(F)(F)CC3)nc2c1)C1CC1. The van der Waals surface area contributed by atoms with Crippen LogP contribution < -0.4 is 15.4 Å². The summed E-state index contributed by atoms with van der Waals surface area (Å²) in [6, 6.07) is 2.47. The van der Waals surface area contributed by atoms with Crippen molar-refractivity contribution in [3.8, 4) is 5.75 Å². The Morgan fingerprint density at radius 1 is 1.00 bits per heavy atom. The van der Waals surface area contributed by atoms with E-state index in [4.69, 9.17) is 0 Å². The number of amides is 2. The van der Waals surface area contributed by atoms with Crippen LogP contribution in [0.5, 0.6) is 5.75 Å². The molecule has 2 heterocycles. The van der Waals surface area contributed by atoms with Gasteiger partial charge < -0.3 is 15.4 Å². The average Bonchev–Trinajstić information content (AvgIpc) is 3.70. The average molecular weight is 648 g/mol. The molecule has 0 radical (unpaired) electrons. The Morgan fingerprint density at radius 3 is 2.33 bits per heavy atom. The van der Waals surface area contributed by atoms with Gasteiger partial charge in [0.2, 0.25) is 11.8 Å². The maximum atomic E-state index is 14.1. The molecular formula is C29H29F8N5O3. The maximum Gasteiger partial charge on any atom is 0.389 e. The molecule has 0 spiro atoms. The first-order chi connectivity index (χ1) is 21.2. The van der Waals surface area contributed by atoms with Crippen LogP contribution in [0.4, 0.5) is 35.1 Å². The fourth-order valence-corrected chi connectivity index (χ4v) is 5.55. The van der Waals surface area contributed by atoms with Gasteiger partial charge in [-0.15, -0.1) is 0 Å². The highest BCUT2D eigenvalue weighted by Gasteiger charge is 2.40. The molecule has 5 rings (SSSR count). The van der Waals surface area contributed by atoms with Crippen molar-refractivity contribution in [2.24, 2.45) is 11.8 Å². The minimum Gasteiger partial charge on any atom is -0.435 e. The van der Waals surface area contributed by atoms with Crippen molar-refractivity contribution in [2.45, 2.75) is 82.2 Å². The van der Waals surface area contributed by atoms with Crippen LogP contribution in [0.3, 0.4) is 0 Å². The number of hydrogen-bond acceptors (Lipinski definition) is 5. The number of halogens is 8. The van der Waals surface area contributed by atoms with Gasteiger partial charge >= 0.3 is 12.8 Å². The van der Waals surface area contributed by atoms with E-state index in [1.165, 1.54) is 16.9 Å². The molecule has 1 aromatic carbocycles. The number of carbonyl (C=O) groups excluding carboxylic acids is 2. The molecule has 2 aliphatic carbocycles. The molecule has 2 atom stereocenters. The van der Waals surface area contributed by atoms with E-state index in [1.807, 2.05) is 0 Å². The molecule has 0 bridgehead atoms. The molecule has 2 fully saturated rings. The third-order valence-electron chi connectivity index (χ3n) is 7.96. The quantitative estimate of drug-likeness (QED) is 0.227. The molecule has 3 aromatic rings. The van der Waals surface area contributed by atoms with E-state index in [0.717, 1.165) is 25.0 Å². The van der Waals surface area contributed by atoms with Crippen LogP contribution in [0.1, 0.15) is 85.1 Å². The number of benzene rings is 1.